The van der Waals surface area contributed by atoms with E-state index in [0.717, 1.165) is 29.7 Å². The summed E-state index contributed by atoms with van der Waals surface area (Å²) in [6.45, 7) is 4.04. The van der Waals surface area contributed by atoms with Gasteiger partial charge in [-0.15, -0.1) is 0 Å². The Kier molecular flexibility index (Phi) is 3.76. The minimum Gasteiger partial charge on any atom is -0.315 e. The molecule has 0 N–H and O–H groups in total. The first-order valence-corrected chi connectivity index (χ1v) is 10.9. The molecule has 1 aromatic carbocycles. The van der Waals surface area contributed by atoms with Crippen molar-refractivity contribution in [2.45, 2.75) is 38.0 Å². The third-order valence-electron chi connectivity index (χ3n) is 4.88. The smallest absolute Gasteiger partial charge is 0.251 e. The molecule has 5 nitrogen and oxygen atoms in total. The molecule has 1 amide bonds. The number of hydrogen-bond acceptors (Lipinski definition) is 4. The first kappa shape index (κ1) is 16.1. The average molecular weight is 364 g/mol. The molecule has 2 atom stereocenters. The molecule has 2 heterocycles. The van der Waals surface area contributed by atoms with Gasteiger partial charge in [0, 0.05) is 16.9 Å². The molecule has 0 aromatic heterocycles. The lowest BCUT2D eigenvalue weighted by molar-refractivity contribution is -0.118. The van der Waals surface area contributed by atoms with Crippen LogP contribution in [0, 0.1) is 19.8 Å². The van der Waals surface area contributed by atoms with Crippen LogP contribution in [-0.2, 0) is 14.6 Å². The van der Waals surface area contributed by atoms with Crippen LogP contribution in [0.15, 0.2) is 23.2 Å². The van der Waals surface area contributed by atoms with Crippen molar-refractivity contribution < 1.29 is 13.2 Å². The van der Waals surface area contributed by atoms with Crippen LogP contribution in [0.1, 0.15) is 24.0 Å². The minimum atomic E-state index is -3.03. The van der Waals surface area contributed by atoms with Crippen LogP contribution in [-0.4, -0.2) is 42.3 Å². The Bertz CT molecular complexity index is 823. The molecule has 0 bridgehead atoms. The molecule has 0 unspecified atom stereocenters. The molecule has 0 spiro atoms. The topological polar surface area (TPSA) is 66.8 Å². The van der Waals surface area contributed by atoms with Gasteiger partial charge in [-0.3, -0.25) is 4.79 Å². The molecule has 2 aliphatic heterocycles. The van der Waals surface area contributed by atoms with Crippen LogP contribution in [0.3, 0.4) is 0 Å². The maximum Gasteiger partial charge on any atom is 0.251 e. The van der Waals surface area contributed by atoms with Crippen LogP contribution in [0.4, 0.5) is 5.69 Å². The maximum absolute atomic E-state index is 12.2. The predicted octanol–water partition coefficient (Wildman–Crippen LogP) is 2.31. The van der Waals surface area contributed by atoms with Gasteiger partial charge < -0.3 is 4.90 Å². The molecule has 7 heteroatoms. The van der Waals surface area contributed by atoms with Crippen molar-refractivity contribution >= 4 is 38.4 Å². The van der Waals surface area contributed by atoms with Crippen molar-refractivity contribution in [1.29, 1.82) is 0 Å². The van der Waals surface area contributed by atoms with Crippen molar-refractivity contribution in [2.75, 3.05) is 16.4 Å². The highest BCUT2D eigenvalue weighted by atomic mass is 32.2. The van der Waals surface area contributed by atoms with Crippen molar-refractivity contribution in [3.8, 4) is 0 Å². The Morgan fingerprint density at radius 2 is 1.88 bits per heavy atom. The van der Waals surface area contributed by atoms with E-state index in [1.807, 2.05) is 36.9 Å². The summed E-state index contributed by atoms with van der Waals surface area (Å²) in [6.07, 6.45) is 1.84. The first-order chi connectivity index (χ1) is 11.4. The van der Waals surface area contributed by atoms with Crippen LogP contribution in [0.25, 0.3) is 0 Å². The highest BCUT2D eigenvalue weighted by Gasteiger charge is 2.50. The molecule has 1 aromatic rings. The number of aryl methyl sites for hydroxylation is 2. The normalized spacial score (nSPS) is 29.9. The fourth-order valence-corrected chi connectivity index (χ4v) is 7.43. The third-order valence-corrected chi connectivity index (χ3v) is 8.09. The van der Waals surface area contributed by atoms with Gasteiger partial charge in [-0.2, -0.15) is 4.99 Å². The third kappa shape index (κ3) is 2.77. The number of carbonyl (C=O) groups excluding carboxylic acids is 1. The van der Waals surface area contributed by atoms with Crippen LogP contribution in [0.5, 0.6) is 0 Å². The van der Waals surface area contributed by atoms with E-state index in [1.54, 1.807) is 0 Å². The standard InChI is InChI=1S/C17H20N2O3S2/c1-10-4-3-5-11(2)15(10)19-13-8-24(21,22)9-14(13)23-17(19)18-16(20)12-6-7-12/h3-5,12-14H,6-9H2,1-2H3/t13-,14-/m0/s1. The van der Waals surface area contributed by atoms with Crippen molar-refractivity contribution in [2.24, 2.45) is 10.9 Å². The number of aliphatic imine (C=N–C) groups is 1. The molecule has 2 saturated heterocycles. The minimum absolute atomic E-state index is 0.0419. The first-order valence-electron chi connectivity index (χ1n) is 8.21. The SMILES string of the molecule is Cc1cccc(C)c1N1C(=NC(=O)C2CC2)S[C@H]2CS(=O)(=O)C[C@@H]21. The zero-order valence-electron chi connectivity index (χ0n) is 13.7. The number of sulfone groups is 1. The number of nitrogens with zero attached hydrogens (tertiary/aromatic N) is 2. The largest absolute Gasteiger partial charge is 0.315 e. The van der Waals surface area contributed by atoms with E-state index in [2.05, 4.69) is 4.99 Å². The second kappa shape index (κ2) is 5.59. The lowest BCUT2D eigenvalue weighted by Gasteiger charge is -2.27. The fourth-order valence-electron chi connectivity index (χ4n) is 3.53. The van der Waals surface area contributed by atoms with E-state index in [0.29, 0.717) is 5.17 Å². The van der Waals surface area contributed by atoms with Gasteiger partial charge >= 0.3 is 0 Å². The summed E-state index contributed by atoms with van der Waals surface area (Å²) < 4.78 is 24.2. The Labute approximate surface area is 146 Å². The zero-order valence-corrected chi connectivity index (χ0v) is 15.4. The molecule has 1 aliphatic carbocycles. The lowest BCUT2D eigenvalue weighted by atomic mass is 10.1. The summed E-state index contributed by atoms with van der Waals surface area (Å²) in [5.74, 6) is 0.314. The number of amides is 1. The van der Waals surface area contributed by atoms with E-state index in [-0.39, 0.29) is 34.6 Å². The number of fused-ring (bicyclic) bond motifs is 1. The van der Waals surface area contributed by atoms with Gasteiger partial charge in [0.15, 0.2) is 15.0 Å². The predicted molar refractivity (Wildman–Crippen MR) is 97.4 cm³/mol. The molecular formula is C17H20N2O3S2. The highest BCUT2D eigenvalue weighted by Crippen LogP contribution is 2.43. The van der Waals surface area contributed by atoms with E-state index in [1.165, 1.54) is 11.8 Å². The van der Waals surface area contributed by atoms with Crippen LogP contribution >= 0.6 is 11.8 Å². The second-order valence-electron chi connectivity index (χ2n) is 6.92. The van der Waals surface area contributed by atoms with Gasteiger partial charge in [0.2, 0.25) is 0 Å². The maximum atomic E-state index is 12.2. The summed E-state index contributed by atoms with van der Waals surface area (Å²) in [4.78, 5) is 18.6. The number of anilines is 1. The lowest BCUT2D eigenvalue weighted by Crippen LogP contribution is -2.38. The van der Waals surface area contributed by atoms with Crippen molar-refractivity contribution in [1.82, 2.24) is 0 Å². The molecule has 0 radical (unpaired) electrons. The van der Waals surface area contributed by atoms with Gasteiger partial charge in [0.25, 0.3) is 5.91 Å². The number of benzene rings is 1. The van der Waals surface area contributed by atoms with Crippen LogP contribution in [0.2, 0.25) is 0 Å². The Morgan fingerprint density at radius 3 is 2.50 bits per heavy atom. The van der Waals surface area contributed by atoms with Gasteiger partial charge in [0.1, 0.15) is 0 Å². The number of carbonyl (C=O) groups is 1. The number of hydrogen-bond donors (Lipinski definition) is 0. The molecule has 3 aliphatic rings. The van der Waals surface area contributed by atoms with E-state index in [9.17, 15) is 13.2 Å². The second-order valence-corrected chi connectivity index (χ2v) is 10.3. The van der Waals surface area contributed by atoms with Crippen molar-refractivity contribution in [3.05, 3.63) is 29.3 Å². The van der Waals surface area contributed by atoms with E-state index in [4.69, 9.17) is 0 Å². The van der Waals surface area contributed by atoms with E-state index < -0.39 is 9.84 Å². The number of amidine groups is 1. The van der Waals surface area contributed by atoms with Gasteiger partial charge in [-0.05, 0) is 37.8 Å². The Morgan fingerprint density at radius 1 is 1.21 bits per heavy atom. The monoisotopic (exact) mass is 364 g/mol. The molecule has 3 fully saturated rings. The van der Waals surface area contributed by atoms with Gasteiger partial charge in [-0.25, -0.2) is 8.42 Å². The summed E-state index contributed by atoms with van der Waals surface area (Å²) in [5.41, 5.74) is 3.15. The van der Waals surface area contributed by atoms with Crippen molar-refractivity contribution in [3.63, 3.8) is 0 Å². The van der Waals surface area contributed by atoms with Crippen LogP contribution < -0.4 is 4.90 Å². The van der Waals surface area contributed by atoms with Gasteiger partial charge in [0.05, 0.1) is 17.5 Å². The molecular weight excluding hydrogens is 344 g/mol. The highest BCUT2D eigenvalue weighted by molar-refractivity contribution is 8.16. The average Bonchev–Trinajstić information content (AvgIpc) is 3.23. The molecule has 4 rings (SSSR count). The Balaban J connectivity index is 1.79. The zero-order chi connectivity index (χ0) is 17.1. The molecule has 128 valence electrons. The fraction of sp³-hybridized carbons (Fsp3) is 0.529. The summed E-state index contributed by atoms with van der Waals surface area (Å²) in [5, 5.41) is 0.633. The quantitative estimate of drug-likeness (QED) is 0.806. The molecule has 24 heavy (non-hydrogen) atoms. The summed E-state index contributed by atoms with van der Waals surface area (Å²) >= 11 is 1.45. The number of thioether (sulfide) groups is 1. The number of rotatable bonds is 2. The number of para-hydroxylation sites is 1. The Hall–Kier alpha value is -1.34. The summed E-state index contributed by atoms with van der Waals surface area (Å²) in [7, 11) is -3.03. The summed E-state index contributed by atoms with van der Waals surface area (Å²) in [6, 6.07) is 5.89. The van der Waals surface area contributed by atoms with Gasteiger partial charge in [-0.1, -0.05) is 30.0 Å². The molecule has 1 saturated carbocycles. The van der Waals surface area contributed by atoms with E-state index >= 15 is 0 Å².